The second-order valence-electron chi connectivity index (χ2n) is 14.1. The van der Waals surface area contributed by atoms with Gasteiger partial charge in [-0.1, -0.05) is 39.3 Å². The van der Waals surface area contributed by atoms with E-state index in [1.54, 1.807) is 12.5 Å². The molecule has 1 aliphatic heterocycles. The number of fused-ring (bicyclic) bond motifs is 7. The highest BCUT2D eigenvalue weighted by atomic mass is 16.5. The van der Waals surface area contributed by atoms with Crippen molar-refractivity contribution in [3.63, 3.8) is 0 Å². The Bertz CT molecular complexity index is 1030. The molecule has 0 aromatic carbocycles. The summed E-state index contributed by atoms with van der Waals surface area (Å²) in [7, 11) is 0. The zero-order valence-electron chi connectivity index (χ0n) is 25.0. The molecule has 1 amide bonds. The molecule has 3 saturated carbocycles. The van der Waals surface area contributed by atoms with Crippen LogP contribution >= 0.6 is 0 Å². The van der Waals surface area contributed by atoms with Gasteiger partial charge < -0.3 is 14.8 Å². The lowest BCUT2D eigenvalue weighted by Gasteiger charge is -2.58. The third-order valence-corrected chi connectivity index (χ3v) is 11.9. The Kier molecular flexibility index (Phi) is 7.31. The highest BCUT2D eigenvalue weighted by Gasteiger charge is 2.68. The van der Waals surface area contributed by atoms with E-state index in [4.69, 9.17) is 9.47 Å². The van der Waals surface area contributed by atoms with Gasteiger partial charge in [-0.2, -0.15) is 0 Å². The monoisotopic (exact) mass is 525 g/mol. The lowest BCUT2D eigenvalue weighted by atomic mass is 9.47. The minimum Gasteiger partial charge on any atom is -0.491 e. The number of hydrogen-bond donors (Lipinski definition) is 1. The van der Waals surface area contributed by atoms with E-state index in [0.29, 0.717) is 23.2 Å². The van der Waals surface area contributed by atoms with Crippen LogP contribution in [0.1, 0.15) is 113 Å². The van der Waals surface area contributed by atoms with Crippen molar-refractivity contribution in [1.29, 1.82) is 0 Å². The average molecular weight is 526 g/mol. The van der Waals surface area contributed by atoms with Gasteiger partial charge in [-0.15, -0.1) is 0 Å². The lowest BCUT2D eigenvalue weighted by Crippen LogP contribution is -2.50. The van der Waals surface area contributed by atoms with Crippen LogP contribution in [0, 0.1) is 40.4 Å². The SMILES string of the molecule is CCC12CC3C4CC=C5CC(OC(C)=O)CCC5(C)C4CCC3(C)C1C(C)=C(CCC(C)CNC(C)=O)O2. The summed E-state index contributed by atoms with van der Waals surface area (Å²) >= 11 is 0. The summed E-state index contributed by atoms with van der Waals surface area (Å²) in [5.41, 5.74) is 3.57. The summed E-state index contributed by atoms with van der Waals surface area (Å²) in [4.78, 5) is 22.9. The number of carbonyl (C=O) groups is 2. The number of rotatable bonds is 7. The van der Waals surface area contributed by atoms with Gasteiger partial charge in [0.2, 0.25) is 5.91 Å². The van der Waals surface area contributed by atoms with E-state index in [-0.39, 0.29) is 29.0 Å². The molecule has 0 radical (unpaired) electrons. The predicted molar refractivity (Wildman–Crippen MR) is 150 cm³/mol. The smallest absolute Gasteiger partial charge is 0.302 e. The van der Waals surface area contributed by atoms with Crippen molar-refractivity contribution in [3.05, 3.63) is 23.0 Å². The average Bonchev–Trinajstić information content (AvgIpc) is 3.30. The topological polar surface area (TPSA) is 64.6 Å². The molecule has 0 aromatic rings. The zero-order chi connectivity index (χ0) is 27.5. The first-order valence-corrected chi connectivity index (χ1v) is 15.4. The number of amides is 1. The predicted octanol–water partition coefficient (Wildman–Crippen LogP) is 7.11. The quantitative estimate of drug-likeness (QED) is 0.284. The summed E-state index contributed by atoms with van der Waals surface area (Å²) in [6.45, 7) is 15.9. The lowest BCUT2D eigenvalue weighted by molar-refractivity contribution is -0.148. The van der Waals surface area contributed by atoms with Crippen LogP contribution in [-0.4, -0.2) is 30.1 Å². The normalized spacial score (nSPS) is 42.2. The van der Waals surface area contributed by atoms with E-state index in [1.165, 1.54) is 43.9 Å². The summed E-state index contributed by atoms with van der Waals surface area (Å²) in [6, 6.07) is 0. The fourth-order valence-corrected chi connectivity index (χ4v) is 10.1. The Morgan fingerprint density at radius 3 is 2.63 bits per heavy atom. The Labute approximate surface area is 230 Å². The molecular formula is C33H51NO4. The fourth-order valence-electron chi connectivity index (χ4n) is 10.1. The number of nitrogens with one attached hydrogen (secondary N) is 1. The summed E-state index contributed by atoms with van der Waals surface area (Å²) in [6.07, 6.45) is 13.7. The van der Waals surface area contributed by atoms with Gasteiger partial charge in [0.1, 0.15) is 11.7 Å². The zero-order valence-corrected chi connectivity index (χ0v) is 25.0. The molecule has 0 aromatic heterocycles. The molecule has 5 aliphatic rings. The summed E-state index contributed by atoms with van der Waals surface area (Å²) in [5, 5.41) is 2.97. The maximum absolute atomic E-state index is 11.6. The van der Waals surface area contributed by atoms with Crippen molar-refractivity contribution in [2.75, 3.05) is 6.54 Å². The molecule has 38 heavy (non-hydrogen) atoms. The molecular weight excluding hydrogens is 474 g/mol. The molecule has 1 N–H and O–H groups in total. The van der Waals surface area contributed by atoms with Crippen LogP contribution in [0.2, 0.25) is 0 Å². The maximum Gasteiger partial charge on any atom is 0.302 e. The first kappa shape index (κ1) is 27.8. The van der Waals surface area contributed by atoms with E-state index in [2.05, 4.69) is 46.0 Å². The Morgan fingerprint density at radius 2 is 1.95 bits per heavy atom. The van der Waals surface area contributed by atoms with Crippen molar-refractivity contribution < 1.29 is 19.1 Å². The summed E-state index contributed by atoms with van der Waals surface area (Å²) in [5.74, 6) is 4.26. The van der Waals surface area contributed by atoms with E-state index in [1.807, 2.05) is 0 Å². The van der Waals surface area contributed by atoms with Gasteiger partial charge in [-0.25, -0.2) is 0 Å². The third-order valence-electron chi connectivity index (χ3n) is 11.9. The second kappa shape index (κ2) is 10.0. The number of hydrogen-bond acceptors (Lipinski definition) is 4. The number of allylic oxidation sites excluding steroid dienone is 2. The van der Waals surface area contributed by atoms with Gasteiger partial charge in [0.15, 0.2) is 0 Å². The van der Waals surface area contributed by atoms with Crippen molar-refractivity contribution in [2.24, 2.45) is 40.4 Å². The molecule has 4 aliphatic carbocycles. The first-order valence-electron chi connectivity index (χ1n) is 15.4. The molecule has 5 nitrogen and oxygen atoms in total. The Hall–Kier alpha value is -1.78. The van der Waals surface area contributed by atoms with Gasteiger partial charge in [0.05, 0.1) is 5.76 Å². The summed E-state index contributed by atoms with van der Waals surface area (Å²) < 4.78 is 12.7. The van der Waals surface area contributed by atoms with E-state index in [0.717, 1.165) is 56.9 Å². The fraction of sp³-hybridized carbons (Fsp3) is 0.818. The highest BCUT2D eigenvalue weighted by Crippen LogP contribution is 2.72. The standard InChI is InChI=1S/C33H51NO4/c1-8-33-18-28-26-11-10-24-17-25(37-23(5)36)13-15-31(24,6)27(26)14-16-32(28,7)30(33)21(3)29(38-33)12-9-20(2)19-34-22(4)35/h10,20,25-28,30H,8-9,11-19H2,1-7H3,(H,34,35). The van der Waals surface area contributed by atoms with Crippen molar-refractivity contribution >= 4 is 11.9 Å². The molecule has 3 fully saturated rings. The van der Waals surface area contributed by atoms with Crippen LogP contribution < -0.4 is 5.32 Å². The van der Waals surface area contributed by atoms with Gasteiger partial charge >= 0.3 is 5.97 Å². The third kappa shape index (κ3) is 4.44. The molecule has 5 heteroatoms. The Balaban J connectivity index is 1.35. The Morgan fingerprint density at radius 1 is 1.18 bits per heavy atom. The van der Waals surface area contributed by atoms with Crippen LogP contribution in [0.25, 0.3) is 0 Å². The second-order valence-corrected chi connectivity index (χ2v) is 14.1. The highest BCUT2D eigenvalue weighted by molar-refractivity contribution is 5.72. The van der Waals surface area contributed by atoms with Crippen molar-refractivity contribution in [2.45, 2.75) is 124 Å². The van der Waals surface area contributed by atoms with E-state index < -0.39 is 0 Å². The van der Waals surface area contributed by atoms with Gasteiger partial charge in [0.25, 0.3) is 0 Å². The molecule has 212 valence electrons. The van der Waals surface area contributed by atoms with Gasteiger partial charge in [-0.05, 0) is 98.4 Å². The van der Waals surface area contributed by atoms with E-state index >= 15 is 0 Å². The maximum atomic E-state index is 11.6. The number of ether oxygens (including phenoxy) is 2. The molecule has 0 bridgehead atoms. The molecule has 9 atom stereocenters. The molecule has 0 spiro atoms. The first-order chi connectivity index (χ1) is 17.9. The van der Waals surface area contributed by atoms with Crippen LogP contribution in [-0.2, 0) is 19.1 Å². The van der Waals surface area contributed by atoms with Crippen molar-refractivity contribution in [1.82, 2.24) is 5.32 Å². The van der Waals surface area contributed by atoms with Gasteiger partial charge in [-0.3, -0.25) is 9.59 Å². The van der Waals surface area contributed by atoms with Gasteiger partial charge in [0, 0.05) is 39.2 Å². The van der Waals surface area contributed by atoms with Crippen LogP contribution in [0.5, 0.6) is 0 Å². The largest absolute Gasteiger partial charge is 0.491 e. The number of esters is 1. The molecule has 9 unspecified atom stereocenters. The van der Waals surface area contributed by atoms with Crippen LogP contribution in [0.3, 0.4) is 0 Å². The van der Waals surface area contributed by atoms with Crippen molar-refractivity contribution in [3.8, 4) is 0 Å². The van der Waals surface area contributed by atoms with E-state index in [9.17, 15) is 9.59 Å². The minimum atomic E-state index is -0.145. The minimum absolute atomic E-state index is 0.0491. The van der Waals surface area contributed by atoms with Crippen LogP contribution in [0.4, 0.5) is 0 Å². The number of carbonyl (C=O) groups excluding carboxylic acids is 2. The van der Waals surface area contributed by atoms with Crippen LogP contribution in [0.15, 0.2) is 23.0 Å². The molecule has 0 saturated heterocycles. The molecule has 1 heterocycles. The molecule has 5 rings (SSSR count).